The fourth-order valence-corrected chi connectivity index (χ4v) is 8.57. The number of Topliss-reactive ketones (excluding diaryl/α,β-unsaturated/α-hetero) is 1. The molecule has 0 fully saturated rings. The Kier molecular flexibility index (Phi) is 8.93. The van der Waals surface area contributed by atoms with Crippen molar-refractivity contribution in [1.29, 1.82) is 5.26 Å². The molecule has 0 saturated heterocycles. The Labute approximate surface area is 223 Å². The first-order chi connectivity index (χ1) is 18.6. The van der Waals surface area contributed by atoms with Gasteiger partial charge in [0.2, 0.25) is 0 Å². The first-order valence-corrected chi connectivity index (χ1v) is 14.0. The van der Waals surface area contributed by atoms with Crippen molar-refractivity contribution in [3.8, 4) is 11.8 Å². The van der Waals surface area contributed by atoms with Gasteiger partial charge in [0.15, 0.2) is 5.78 Å². The van der Waals surface area contributed by atoms with Crippen molar-refractivity contribution in [3.63, 3.8) is 0 Å². The van der Waals surface area contributed by atoms with Gasteiger partial charge in [-0.3, -0.25) is 9.59 Å². The molecular formula is C32H28NO4P. The lowest BCUT2D eigenvalue weighted by Crippen LogP contribution is -2.33. The topological polar surface area (TPSA) is 76.4 Å². The average molecular weight is 522 g/mol. The number of hydrogen-bond donors (Lipinski definition) is 0. The number of methoxy groups -OCH3 is 1. The van der Waals surface area contributed by atoms with Gasteiger partial charge in [-0.1, -0.05) is 103 Å². The van der Waals surface area contributed by atoms with Gasteiger partial charge in [-0.05, 0) is 40.5 Å². The van der Waals surface area contributed by atoms with E-state index in [1.807, 2.05) is 103 Å². The SMILES string of the molecule is COc1ccc(COC(=O)CCC(=O)C(C#N)=P(c2ccccc2)(c2ccccc2)c2ccccc2)cc1. The highest BCUT2D eigenvalue weighted by Gasteiger charge is 2.33. The summed E-state index contributed by atoms with van der Waals surface area (Å²) in [6.45, 7) is -2.71. The fourth-order valence-electron chi connectivity index (χ4n) is 4.41. The van der Waals surface area contributed by atoms with Gasteiger partial charge in [0.05, 0.1) is 13.5 Å². The summed E-state index contributed by atoms with van der Waals surface area (Å²) < 4.78 is 10.5. The molecule has 0 unspecified atom stereocenters. The monoisotopic (exact) mass is 521 g/mol. The zero-order valence-electron chi connectivity index (χ0n) is 21.1. The molecule has 0 N–H and O–H groups in total. The smallest absolute Gasteiger partial charge is 0.306 e. The van der Waals surface area contributed by atoms with Gasteiger partial charge in [-0.15, -0.1) is 0 Å². The van der Waals surface area contributed by atoms with Crippen LogP contribution in [0, 0.1) is 11.3 Å². The lowest BCUT2D eigenvalue weighted by Gasteiger charge is -2.30. The van der Waals surface area contributed by atoms with E-state index in [1.165, 1.54) is 0 Å². The van der Waals surface area contributed by atoms with Gasteiger partial charge in [0.1, 0.15) is 23.7 Å². The molecule has 4 aromatic carbocycles. The average Bonchev–Trinajstić information content (AvgIpc) is 2.99. The van der Waals surface area contributed by atoms with Crippen molar-refractivity contribution in [2.24, 2.45) is 0 Å². The minimum absolute atomic E-state index is 0.0980. The Balaban J connectivity index is 1.69. The predicted octanol–water partition coefficient (Wildman–Crippen LogP) is 4.78. The molecule has 0 radical (unpaired) electrons. The number of hydrogen-bond acceptors (Lipinski definition) is 5. The predicted molar refractivity (Wildman–Crippen MR) is 153 cm³/mol. The summed E-state index contributed by atoms with van der Waals surface area (Å²) in [5.74, 6) is -0.124. The van der Waals surface area contributed by atoms with Crippen LogP contribution < -0.4 is 20.7 Å². The molecule has 190 valence electrons. The van der Waals surface area contributed by atoms with E-state index < -0.39 is 12.9 Å². The molecule has 6 heteroatoms. The van der Waals surface area contributed by atoms with Crippen molar-refractivity contribution in [3.05, 3.63) is 121 Å². The molecule has 0 aromatic heterocycles. The van der Waals surface area contributed by atoms with Crippen molar-refractivity contribution < 1.29 is 19.1 Å². The highest BCUT2D eigenvalue weighted by Crippen LogP contribution is 2.46. The van der Waals surface area contributed by atoms with Gasteiger partial charge in [-0.25, -0.2) is 0 Å². The number of carbonyl (C=O) groups excluding carboxylic acids is 2. The molecule has 4 rings (SSSR count). The summed E-state index contributed by atoms with van der Waals surface area (Å²) in [5.41, 5.74) is 0.817. The zero-order valence-corrected chi connectivity index (χ0v) is 22.0. The van der Waals surface area contributed by atoms with E-state index in [9.17, 15) is 14.9 Å². The summed E-state index contributed by atoms with van der Waals surface area (Å²) >= 11 is 0. The van der Waals surface area contributed by atoms with Crippen LogP contribution >= 0.6 is 6.89 Å². The Morgan fingerprint density at radius 1 is 0.711 bits per heavy atom. The zero-order chi connectivity index (χ0) is 26.8. The molecule has 5 nitrogen and oxygen atoms in total. The molecule has 4 aromatic rings. The number of nitrogens with zero attached hydrogens (tertiary/aromatic N) is 1. The fraction of sp³-hybridized carbons (Fsp3) is 0.125. The molecule has 0 saturated carbocycles. The van der Waals surface area contributed by atoms with Crippen molar-refractivity contribution >= 4 is 39.8 Å². The van der Waals surface area contributed by atoms with E-state index in [0.29, 0.717) is 5.75 Å². The minimum Gasteiger partial charge on any atom is -0.497 e. The Morgan fingerprint density at radius 2 is 1.18 bits per heavy atom. The van der Waals surface area contributed by atoms with Crippen LogP contribution in [0.4, 0.5) is 0 Å². The van der Waals surface area contributed by atoms with Crippen molar-refractivity contribution in [1.82, 2.24) is 0 Å². The highest BCUT2D eigenvalue weighted by atomic mass is 31.2. The van der Waals surface area contributed by atoms with Gasteiger partial charge >= 0.3 is 5.97 Å². The number of carbonyl (C=O) groups is 2. The van der Waals surface area contributed by atoms with Crippen LogP contribution in [0.3, 0.4) is 0 Å². The second kappa shape index (κ2) is 12.7. The first kappa shape index (κ1) is 26.7. The number of benzene rings is 4. The van der Waals surface area contributed by atoms with Gasteiger partial charge in [-0.2, -0.15) is 5.26 Å². The second-order valence-corrected chi connectivity index (χ2v) is 11.9. The number of ketones is 1. The number of rotatable bonds is 10. The number of ether oxygens (including phenoxy) is 2. The summed E-state index contributed by atoms with van der Waals surface area (Å²) in [4.78, 5) is 26.3. The molecular weight excluding hydrogens is 493 g/mol. The van der Waals surface area contributed by atoms with Crippen LogP contribution in [0.25, 0.3) is 0 Å². The standard InChI is InChI=1S/C32H28NO4P/c1-36-26-19-17-25(18-20-26)24-37-32(35)22-21-30(34)31(23-33)38(27-11-5-2-6-12-27,28-13-7-3-8-14-28)29-15-9-4-10-16-29/h2-20H,21-22,24H2,1H3. The molecule has 0 amide bonds. The molecule has 0 aliphatic rings. The molecule has 0 atom stereocenters. The van der Waals surface area contributed by atoms with Gasteiger partial charge < -0.3 is 9.47 Å². The van der Waals surface area contributed by atoms with E-state index in [4.69, 9.17) is 9.47 Å². The minimum atomic E-state index is -2.81. The van der Waals surface area contributed by atoms with Crippen LogP contribution in [0.1, 0.15) is 18.4 Å². The molecule has 0 aliphatic carbocycles. The van der Waals surface area contributed by atoms with E-state index in [-0.39, 0.29) is 30.5 Å². The first-order valence-electron chi connectivity index (χ1n) is 12.2. The van der Waals surface area contributed by atoms with Crippen LogP contribution in [0.2, 0.25) is 0 Å². The Hall–Kier alpha value is -4.39. The number of esters is 1. The third-order valence-electron chi connectivity index (χ3n) is 6.25. The van der Waals surface area contributed by atoms with Crippen LogP contribution in [0.5, 0.6) is 5.75 Å². The number of nitriles is 1. The molecule has 0 spiro atoms. The summed E-state index contributed by atoms with van der Waals surface area (Å²) in [6, 6.07) is 38.6. The summed E-state index contributed by atoms with van der Waals surface area (Å²) in [5, 5.41) is 13.4. The lowest BCUT2D eigenvalue weighted by atomic mass is 10.2. The lowest BCUT2D eigenvalue weighted by molar-refractivity contribution is -0.145. The molecule has 38 heavy (non-hydrogen) atoms. The third-order valence-corrected chi connectivity index (χ3v) is 10.5. The van der Waals surface area contributed by atoms with E-state index in [2.05, 4.69) is 6.07 Å². The maximum atomic E-state index is 13.7. The van der Waals surface area contributed by atoms with Crippen LogP contribution in [0.15, 0.2) is 115 Å². The Bertz CT molecular complexity index is 1370. The largest absolute Gasteiger partial charge is 0.497 e. The quantitative estimate of drug-likeness (QED) is 0.222. The Morgan fingerprint density at radius 3 is 1.61 bits per heavy atom. The van der Waals surface area contributed by atoms with Crippen molar-refractivity contribution in [2.75, 3.05) is 7.11 Å². The van der Waals surface area contributed by atoms with Crippen LogP contribution in [-0.2, 0) is 20.9 Å². The van der Waals surface area contributed by atoms with E-state index >= 15 is 0 Å². The van der Waals surface area contributed by atoms with Gasteiger partial charge in [0.25, 0.3) is 0 Å². The second-order valence-electron chi connectivity index (χ2n) is 8.57. The van der Waals surface area contributed by atoms with E-state index in [0.717, 1.165) is 21.5 Å². The maximum absolute atomic E-state index is 13.7. The molecule has 0 bridgehead atoms. The highest BCUT2D eigenvalue weighted by molar-refractivity contribution is 7.96. The molecule has 0 aliphatic heterocycles. The van der Waals surface area contributed by atoms with Crippen LogP contribution in [-0.4, -0.2) is 24.2 Å². The van der Waals surface area contributed by atoms with Gasteiger partial charge in [0, 0.05) is 6.42 Å². The molecule has 0 heterocycles. The van der Waals surface area contributed by atoms with E-state index in [1.54, 1.807) is 19.2 Å². The van der Waals surface area contributed by atoms with Crippen molar-refractivity contribution in [2.45, 2.75) is 19.4 Å². The normalized spacial score (nSPS) is 10.7. The third kappa shape index (κ3) is 5.78. The maximum Gasteiger partial charge on any atom is 0.306 e. The summed E-state index contributed by atoms with van der Waals surface area (Å²) in [6.07, 6.45) is -0.225. The summed E-state index contributed by atoms with van der Waals surface area (Å²) in [7, 11) is 1.59.